The lowest BCUT2D eigenvalue weighted by Gasteiger charge is -2.02. The summed E-state index contributed by atoms with van der Waals surface area (Å²) >= 11 is 0. The first-order chi connectivity index (χ1) is 7.16. The van der Waals surface area contributed by atoms with Crippen LogP contribution in [-0.2, 0) is 9.53 Å². The van der Waals surface area contributed by atoms with Gasteiger partial charge in [0.05, 0.1) is 19.8 Å². The predicted molar refractivity (Wildman–Crippen MR) is 60.1 cm³/mol. The van der Waals surface area contributed by atoms with Gasteiger partial charge in [0, 0.05) is 18.9 Å². The molecular weight excluding hydrogens is 192 g/mol. The molecule has 0 rings (SSSR count). The third-order valence-electron chi connectivity index (χ3n) is 1.50. The quantitative estimate of drug-likeness (QED) is 0.486. The van der Waals surface area contributed by atoms with E-state index in [2.05, 4.69) is 17.2 Å². The number of rotatable bonds is 6. The van der Waals surface area contributed by atoms with Crippen molar-refractivity contribution < 1.29 is 9.53 Å². The second-order valence-electron chi connectivity index (χ2n) is 3.40. The fourth-order valence-electron chi connectivity index (χ4n) is 0.837. The molecule has 0 aromatic rings. The molecule has 0 aliphatic heterocycles. The molecule has 0 atom stereocenters. The van der Waals surface area contributed by atoms with E-state index >= 15 is 0 Å². The molecular formula is C11H20N2O2. The van der Waals surface area contributed by atoms with E-state index in [-0.39, 0.29) is 5.91 Å². The van der Waals surface area contributed by atoms with Crippen molar-refractivity contribution >= 4 is 5.91 Å². The van der Waals surface area contributed by atoms with Gasteiger partial charge < -0.3 is 15.8 Å². The van der Waals surface area contributed by atoms with Crippen LogP contribution in [0.15, 0.2) is 0 Å². The predicted octanol–water partition coefficient (Wildman–Crippen LogP) is 0.127. The minimum atomic E-state index is -0.0370. The number of nitrogens with one attached hydrogen (secondary N) is 1. The lowest BCUT2D eigenvalue weighted by molar-refractivity contribution is -0.121. The maximum atomic E-state index is 11.2. The summed E-state index contributed by atoms with van der Waals surface area (Å²) in [5.41, 5.74) is 5.23. The second kappa shape index (κ2) is 9.50. The molecule has 4 nitrogen and oxygen atoms in total. The van der Waals surface area contributed by atoms with Crippen molar-refractivity contribution in [1.82, 2.24) is 5.32 Å². The van der Waals surface area contributed by atoms with Gasteiger partial charge in [0.1, 0.15) is 0 Å². The Morgan fingerprint density at radius 1 is 1.47 bits per heavy atom. The smallest absolute Gasteiger partial charge is 0.223 e. The number of hydrogen-bond donors (Lipinski definition) is 2. The number of amides is 1. The highest BCUT2D eigenvalue weighted by atomic mass is 16.5. The fourth-order valence-corrected chi connectivity index (χ4v) is 0.837. The monoisotopic (exact) mass is 212 g/mol. The minimum absolute atomic E-state index is 0.0370. The van der Waals surface area contributed by atoms with Crippen molar-refractivity contribution in [3.63, 3.8) is 0 Å². The highest BCUT2D eigenvalue weighted by molar-refractivity contribution is 5.76. The number of ether oxygens (including phenoxy) is 1. The fraction of sp³-hybridized carbons (Fsp3) is 0.727. The van der Waals surface area contributed by atoms with Crippen LogP contribution in [0.3, 0.4) is 0 Å². The molecule has 0 aliphatic rings. The maximum Gasteiger partial charge on any atom is 0.223 e. The Bertz CT molecular complexity index is 228. The summed E-state index contributed by atoms with van der Waals surface area (Å²) in [5.74, 6) is 6.14. The molecule has 0 fully saturated rings. The van der Waals surface area contributed by atoms with Gasteiger partial charge in [-0.05, 0) is 0 Å². The highest BCUT2D eigenvalue weighted by Crippen LogP contribution is 1.85. The van der Waals surface area contributed by atoms with E-state index in [1.165, 1.54) is 0 Å². The van der Waals surface area contributed by atoms with Crippen molar-refractivity contribution in [1.29, 1.82) is 0 Å². The van der Waals surface area contributed by atoms with Crippen LogP contribution in [0, 0.1) is 17.8 Å². The first-order valence-corrected chi connectivity index (χ1v) is 5.19. The first-order valence-electron chi connectivity index (χ1n) is 5.19. The van der Waals surface area contributed by atoms with E-state index in [1.54, 1.807) is 0 Å². The Balaban J connectivity index is 3.39. The van der Waals surface area contributed by atoms with Crippen molar-refractivity contribution in [2.45, 2.75) is 20.3 Å². The van der Waals surface area contributed by atoms with Gasteiger partial charge in [0.15, 0.2) is 0 Å². The van der Waals surface area contributed by atoms with Crippen LogP contribution in [0.1, 0.15) is 20.3 Å². The SMILES string of the molecule is CC(C)C#CCNC(=O)CCOCCN. The van der Waals surface area contributed by atoms with Crippen LogP contribution in [0.5, 0.6) is 0 Å². The molecule has 0 bridgehead atoms. The number of carbonyl (C=O) groups excluding carboxylic acids is 1. The standard InChI is InChI=1S/C11H20N2O2/c1-10(2)4-3-7-13-11(14)5-8-15-9-6-12/h10H,5-9,12H2,1-2H3,(H,13,14). The number of nitrogens with two attached hydrogens (primary N) is 1. The van der Waals surface area contributed by atoms with Crippen molar-refractivity contribution in [2.24, 2.45) is 11.7 Å². The van der Waals surface area contributed by atoms with Crippen molar-refractivity contribution in [3.05, 3.63) is 0 Å². The van der Waals surface area contributed by atoms with Gasteiger partial charge in [-0.15, -0.1) is 0 Å². The van der Waals surface area contributed by atoms with Crippen LogP contribution >= 0.6 is 0 Å². The summed E-state index contributed by atoms with van der Waals surface area (Å²) in [6.07, 6.45) is 0.364. The normalized spacial score (nSPS) is 9.60. The molecule has 0 aromatic heterocycles. The lowest BCUT2D eigenvalue weighted by atomic mass is 10.2. The molecule has 0 aliphatic carbocycles. The molecule has 86 valence electrons. The number of carbonyl (C=O) groups is 1. The molecule has 1 amide bonds. The third-order valence-corrected chi connectivity index (χ3v) is 1.50. The zero-order valence-electron chi connectivity index (χ0n) is 9.51. The Morgan fingerprint density at radius 3 is 2.80 bits per heavy atom. The summed E-state index contributed by atoms with van der Waals surface area (Å²) in [5, 5.41) is 2.69. The molecule has 4 heteroatoms. The second-order valence-corrected chi connectivity index (χ2v) is 3.40. The summed E-state index contributed by atoms with van der Waals surface area (Å²) in [7, 11) is 0. The van der Waals surface area contributed by atoms with Crippen LogP contribution in [0.2, 0.25) is 0 Å². The van der Waals surface area contributed by atoms with Gasteiger partial charge in [0.2, 0.25) is 5.91 Å². The lowest BCUT2D eigenvalue weighted by Crippen LogP contribution is -2.25. The van der Waals surface area contributed by atoms with Crippen LogP contribution < -0.4 is 11.1 Å². The number of hydrogen-bond acceptors (Lipinski definition) is 3. The van der Waals surface area contributed by atoms with E-state index < -0.39 is 0 Å². The molecule has 0 aromatic carbocycles. The van der Waals surface area contributed by atoms with Gasteiger partial charge in [0.25, 0.3) is 0 Å². The summed E-state index contributed by atoms with van der Waals surface area (Å²) in [6, 6.07) is 0. The largest absolute Gasteiger partial charge is 0.380 e. The minimum Gasteiger partial charge on any atom is -0.380 e. The summed E-state index contributed by atoms with van der Waals surface area (Å²) in [4.78, 5) is 11.2. The maximum absolute atomic E-state index is 11.2. The Kier molecular flexibility index (Phi) is 8.84. The van der Waals surface area contributed by atoms with Crippen LogP contribution in [0.25, 0.3) is 0 Å². The van der Waals surface area contributed by atoms with Gasteiger partial charge in [-0.25, -0.2) is 0 Å². The van der Waals surface area contributed by atoms with Gasteiger partial charge in [-0.3, -0.25) is 4.79 Å². The molecule has 0 spiro atoms. The van der Waals surface area contributed by atoms with Crippen molar-refractivity contribution in [2.75, 3.05) is 26.3 Å². The summed E-state index contributed by atoms with van der Waals surface area (Å²) in [6.45, 7) is 5.83. The third kappa shape index (κ3) is 10.9. The Labute approximate surface area is 91.6 Å². The summed E-state index contributed by atoms with van der Waals surface area (Å²) < 4.78 is 5.08. The molecule has 0 saturated heterocycles. The average Bonchev–Trinajstić information content (AvgIpc) is 2.19. The van der Waals surface area contributed by atoms with Gasteiger partial charge >= 0.3 is 0 Å². The highest BCUT2D eigenvalue weighted by Gasteiger charge is 1.98. The van der Waals surface area contributed by atoms with E-state index in [9.17, 15) is 4.79 Å². The van der Waals surface area contributed by atoms with E-state index in [4.69, 9.17) is 10.5 Å². The molecule has 0 unspecified atom stereocenters. The zero-order chi connectivity index (χ0) is 11.5. The molecule has 0 saturated carbocycles. The Hall–Kier alpha value is -1.05. The van der Waals surface area contributed by atoms with Gasteiger partial charge in [-0.1, -0.05) is 25.7 Å². The van der Waals surface area contributed by atoms with E-state index in [1.807, 2.05) is 13.8 Å². The topological polar surface area (TPSA) is 64.3 Å². The average molecular weight is 212 g/mol. The Morgan fingerprint density at radius 2 is 2.20 bits per heavy atom. The van der Waals surface area contributed by atoms with Crippen molar-refractivity contribution in [3.8, 4) is 11.8 Å². The van der Waals surface area contributed by atoms with Gasteiger partial charge in [-0.2, -0.15) is 0 Å². The molecule has 0 heterocycles. The van der Waals surface area contributed by atoms with Crippen LogP contribution in [-0.4, -0.2) is 32.2 Å². The van der Waals surface area contributed by atoms with E-state index in [0.717, 1.165) is 0 Å². The van der Waals surface area contributed by atoms with E-state index in [0.29, 0.717) is 38.6 Å². The first kappa shape index (κ1) is 13.9. The molecule has 0 radical (unpaired) electrons. The van der Waals surface area contributed by atoms with Crippen LogP contribution in [0.4, 0.5) is 0 Å². The molecule has 15 heavy (non-hydrogen) atoms. The zero-order valence-corrected chi connectivity index (χ0v) is 9.51. The molecule has 3 N–H and O–H groups in total.